The largest absolute Gasteiger partial charge is 0.507 e. The maximum absolute atomic E-state index is 12.1. The summed E-state index contributed by atoms with van der Waals surface area (Å²) >= 11 is 0. The molecule has 4 aromatic rings. The summed E-state index contributed by atoms with van der Waals surface area (Å²) in [6.45, 7) is 12.4. The van der Waals surface area contributed by atoms with Gasteiger partial charge in [0.2, 0.25) is 11.8 Å². The molecule has 1 spiro atoms. The third-order valence-corrected chi connectivity index (χ3v) is 15.3. The average Bonchev–Trinajstić information content (AvgIpc) is 3.96. The Labute approximate surface area is 397 Å². The first-order chi connectivity index (χ1) is 32.9. The number of aliphatic hydroxyl groups excluding tert-OH is 2. The van der Waals surface area contributed by atoms with Gasteiger partial charge in [-0.2, -0.15) is 0 Å². The zero-order chi connectivity index (χ0) is 47.1. The van der Waals surface area contributed by atoms with E-state index in [0.717, 1.165) is 95.0 Å². The number of pyridine rings is 1. The molecule has 366 valence electrons. The fraction of sp³-hybridized carbons (Fsp3) is 0.612. The first kappa shape index (κ1) is 46.4. The number of nitrogen functional groups attached to an aromatic ring is 1. The lowest BCUT2D eigenvalue weighted by Crippen LogP contribution is -2.72. The van der Waals surface area contributed by atoms with Gasteiger partial charge in [0.15, 0.2) is 11.6 Å². The molecule has 19 nitrogen and oxygen atoms in total. The summed E-state index contributed by atoms with van der Waals surface area (Å²) < 4.78 is 24.7. The molecule has 6 aliphatic rings. The van der Waals surface area contributed by atoms with Crippen LogP contribution in [0.15, 0.2) is 59.3 Å². The van der Waals surface area contributed by atoms with Crippen LogP contribution in [0.1, 0.15) is 70.5 Å². The molecule has 8 heterocycles. The number of phenols is 1. The van der Waals surface area contributed by atoms with Crippen LogP contribution in [0.4, 0.5) is 23.0 Å². The molecule has 0 radical (unpaired) electrons. The number of hydrogen-bond acceptors (Lipinski definition) is 18. The lowest BCUT2D eigenvalue weighted by atomic mass is 9.90. The van der Waals surface area contributed by atoms with Crippen molar-refractivity contribution in [2.75, 3.05) is 92.5 Å². The van der Waals surface area contributed by atoms with E-state index in [-0.39, 0.29) is 48.5 Å². The SMILES string of the molecule is CC(C)[C@H](c1cc(N2CCC(CN3CCC(O[C@H]4C[C@H](Oc5cc(N6CCN(c7cc(-c8ccccc8O)nnc7N)CC67COC7)ccn5)C4)CC3)CC2)no1)C(O)N1C[C@H](O)C[C@H]1C(N)=O. The van der Waals surface area contributed by atoms with Crippen LogP contribution < -0.4 is 30.9 Å². The van der Waals surface area contributed by atoms with Crippen LogP contribution in [0.2, 0.25) is 0 Å². The van der Waals surface area contributed by atoms with Crippen molar-refractivity contribution in [3.8, 4) is 22.9 Å². The Morgan fingerprint density at radius 3 is 2.43 bits per heavy atom. The summed E-state index contributed by atoms with van der Waals surface area (Å²) in [5, 5.41) is 45.1. The molecule has 3 aromatic heterocycles. The van der Waals surface area contributed by atoms with E-state index in [0.29, 0.717) is 60.9 Å². The maximum Gasteiger partial charge on any atom is 0.234 e. The van der Waals surface area contributed by atoms with Crippen LogP contribution in [0.3, 0.4) is 0 Å². The molecular weight excluding hydrogens is 871 g/mol. The predicted molar refractivity (Wildman–Crippen MR) is 254 cm³/mol. The van der Waals surface area contributed by atoms with Gasteiger partial charge in [0.25, 0.3) is 0 Å². The zero-order valence-corrected chi connectivity index (χ0v) is 39.2. The van der Waals surface area contributed by atoms with Gasteiger partial charge in [-0.25, -0.2) is 4.98 Å². The van der Waals surface area contributed by atoms with Crippen molar-refractivity contribution in [2.24, 2.45) is 17.6 Å². The lowest BCUT2D eigenvalue weighted by molar-refractivity contribution is -0.127. The van der Waals surface area contributed by atoms with Crippen molar-refractivity contribution in [2.45, 2.75) is 107 Å². The summed E-state index contributed by atoms with van der Waals surface area (Å²) in [6.07, 6.45) is 6.73. The van der Waals surface area contributed by atoms with Gasteiger partial charge in [-0.3, -0.25) is 9.69 Å². The van der Waals surface area contributed by atoms with Crippen LogP contribution in [0, 0.1) is 11.8 Å². The number of carbonyl (C=O) groups excluding carboxylic acids is 1. The number of aliphatic hydroxyl groups is 2. The highest BCUT2D eigenvalue weighted by Gasteiger charge is 2.49. The van der Waals surface area contributed by atoms with Crippen LogP contribution >= 0.6 is 0 Å². The number of anilines is 4. The Hall–Kier alpha value is -5.31. The number of nitrogens with zero attached hydrogens (tertiary/aromatic N) is 9. The maximum atomic E-state index is 12.1. The molecule has 0 bridgehead atoms. The number of likely N-dealkylation sites (tertiary alicyclic amines) is 2. The number of β-amino-alcohol motifs (C(OH)–C–C–N with tert-alkyl or cyclic N) is 1. The Morgan fingerprint density at radius 1 is 0.926 bits per heavy atom. The van der Waals surface area contributed by atoms with E-state index in [1.165, 1.54) is 0 Å². The van der Waals surface area contributed by atoms with E-state index in [1.54, 1.807) is 17.0 Å². The summed E-state index contributed by atoms with van der Waals surface area (Å²) in [5.41, 5.74) is 14.8. The van der Waals surface area contributed by atoms with Crippen molar-refractivity contribution in [3.05, 3.63) is 60.5 Å². The fourth-order valence-electron chi connectivity index (χ4n) is 11.4. The molecule has 4 atom stereocenters. The molecule has 5 aliphatic heterocycles. The number of piperazine rings is 1. The minimum absolute atomic E-state index is 0.00522. The first-order valence-electron chi connectivity index (χ1n) is 24.5. The van der Waals surface area contributed by atoms with Gasteiger partial charge in [-0.05, 0) is 68.2 Å². The molecule has 1 amide bonds. The van der Waals surface area contributed by atoms with E-state index in [9.17, 15) is 20.1 Å². The van der Waals surface area contributed by atoms with Gasteiger partial charge in [-0.1, -0.05) is 31.1 Å². The minimum Gasteiger partial charge on any atom is -0.507 e. The lowest BCUT2D eigenvalue weighted by Gasteiger charge is -2.56. The number of piperidine rings is 2. The van der Waals surface area contributed by atoms with Gasteiger partial charge in [0.05, 0.1) is 54.9 Å². The van der Waals surface area contributed by atoms with E-state index in [4.69, 9.17) is 30.2 Å². The highest BCUT2D eigenvalue weighted by Crippen LogP contribution is 2.41. The molecule has 7 N–H and O–H groups in total. The topological polar surface area (TPSA) is 238 Å². The van der Waals surface area contributed by atoms with Gasteiger partial charge in [0, 0.05) is 101 Å². The second kappa shape index (κ2) is 19.6. The van der Waals surface area contributed by atoms with Gasteiger partial charge in [0.1, 0.15) is 29.4 Å². The smallest absolute Gasteiger partial charge is 0.234 e. The van der Waals surface area contributed by atoms with Crippen molar-refractivity contribution >= 4 is 28.9 Å². The normalized spacial score (nSPS) is 25.9. The molecule has 19 heteroatoms. The van der Waals surface area contributed by atoms with Crippen molar-refractivity contribution < 1.29 is 38.8 Å². The number of nitrogens with two attached hydrogens (primary N) is 2. The number of ether oxygens (including phenoxy) is 3. The average molecular weight is 938 g/mol. The van der Waals surface area contributed by atoms with Crippen LogP contribution in [-0.4, -0.2) is 166 Å². The predicted octanol–water partition coefficient (Wildman–Crippen LogP) is 3.20. The number of aromatic hydroxyl groups is 1. The van der Waals surface area contributed by atoms with Gasteiger partial charge >= 0.3 is 0 Å². The number of primary amides is 1. The highest BCUT2D eigenvalue weighted by atomic mass is 16.5. The number of para-hydroxylation sites is 1. The highest BCUT2D eigenvalue weighted by molar-refractivity contribution is 5.80. The van der Waals surface area contributed by atoms with E-state index < -0.39 is 30.2 Å². The number of hydrogen-bond donors (Lipinski definition) is 5. The van der Waals surface area contributed by atoms with E-state index >= 15 is 0 Å². The van der Waals surface area contributed by atoms with Crippen molar-refractivity contribution in [1.82, 2.24) is 30.1 Å². The number of amides is 1. The molecular formula is C49H67N11O8. The third kappa shape index (κ3) is 9.65. The van der Waals surface area contributed by atoms with E-state index in [2.05, 4.69) is 46.0 Å². The number of rotatable bonds is 15. The number of benzene rings is 1. The molecule has 10 rings (SSSR count). The fourth-order valence-corrected chi connectivity index (χ4v) is 11.4. The Morgan fingerprint density at radius 2 is 1.71 bits per heavy atom. The van der Waals surface area contributed by atoms with Crippen LogP contribution in [0.25, 0.3) is 11.3 Å². The number of carbonyl (C=O) groups is 1. The number of phenolic OH excluding ortho intramolecular Hbond substituents is 1. The monoisotopic (exact) mass is 938 g/mol. The molecule has 1 aliphatic carbocycles. The quantitative estimate of drug-likeness (QED) is 0.115. The minimum atomic E-state index is -1.04. The number of aromatic nitrogens is 4. The molecule has 68 heavy (non-hydrogen) atoms. The van der Waals surface area contributed by atoms with Gasteiger partial charge < -0.3 is 65.1 Å². The standard InChI is InChI=1S/C49H67N11O8/c1-30(2)45(48(64)59-26-33(61)20-40(59)47(51)63)42-24-43(55-68-42)57-15-8-31(9-16-57)25-56-13-10-34(11-14-56)66-35-21-36(22-35)67-44-19-32(7-12-52-44)60-18-17-58(27-49(60)28-65-29-49)39-23-38(53-54-46(39)50)37-5-3-4-6-41(37)62/h3-7,12,19,23-24,30-31,33-36,40,45,48,61-62,64H,8-11,13-18,20-22,25-29H2,1-2H3,(H2,50,54)(H2,51,63)/t33-,35-,36-,40+,45-,48?/m1/s1. The molecule has 6 fully saturated rings. The first-order valence-corrected chi connectivity index (χ1v) is 24.5. The van der Waals surface area contributed by atoms with Crippen molar-refractivity contribution in [3.63, 3.8) is 0 Å². The second-order valence-electron chi connectivity index (χ2n) is 20.3. The Kier molecular flexibility index (Phi) is 13.4. The van der Waals surface area contributed by atoms with Crippen LogP contribution in [-0.2, 0) is 14.3 Å². The second-order valence-corrected chi connectivity index (χ2v) is 20.3. The molecule has 5 saturated heterocycles. The Bertz CT molecular complexity index is 2360. The van der Waals surface area contributed by atoms with Gasteiger partial charge in [-0.15, -0.1) is 10.2 Å². The molecule has 1 saturated carbocycles. The van der Waals surface area contributed by atoms with Crippen molar-refractivity contribution in [1.29, 1.82) is 0 Å². The zero-order valence-electron chi connectivity index (χ0n) is 39.2. The van der Waals surface area contributed by atoms with E-state index in [1.807, 2.05) is 50.4 Å². The summed E-state index contributed by atoms with van der Waals surface area (Å²) in [7, 11) is 0. The summed E-state index contributed by atoms with van der Waals surface area (Å²) in [4.78, 5) is 27.8. The molecule has 1 aromatic carbocycles. The summed E-state index contributed by atoms with van der Waals surface area (Å²) in [6, 6.07) is 14.3. The third-order valence-electron chi connectivity index (χ3n) is 15.3. The van der Waals surface area contributed by atoms with Crippen LogP contribution in [0.5, 0.6) is 11.6 Å². The molecule has 1 unspecified atom stereocenters. The Balaban J connectivity index is 0.650. The summed E-state index contributed by atoms with van der Waals surface area (Å²) in [5.74, 6) is 2.08.